The summed E-state index contributed by atoms with van der Waals surface area (Å²) in [6.45, 7) is 8.99. The monoisotopic (exact) mass is 168 g/mol. The number of allylic oxidation sites excluding steroid dienone is 2. The van der Waals surface area contributed by atoms with Crippen LogP contribution in [0.5, 0.6) is 0 Å². The maximum atomic E-state index is 2.33. The van der Waals surface area contributed by atoms with Crippen molar-refractivity contribution in [2.75, 3.05) is 0 Å². The van der Waals surface area contributed by atoms with Gasteiger partial charge in [-0.1, -0.05) is 59.1 Å². The Bertz CT molecular complexity index is 114. The molecule has 0 aromatic carbocycles. The first-order chi connectivity index (χ1) is 5.56. The molecule has 0 amide bonds. The first-order valence-corrected chi connectivity index (χ1v) is 5.24. The summed E-state index contributed by atoms with van der Waals surface area (Å²) < 4.78 is 0. The Morgan fingerprint density at radius 1 is 1.00 bits per heavy atom. The number of rotatable bonds is 5. The van der Waals surface area contributed by atoms with Gasteiger partial charge in [-0.15, -0.1) is 0 Å². The molecule has 0 heterocycles. The third-order valence-electron chi connectivity index (χ3n) is 1.84. The summed E-state index contributed by atoms with van der Waals surface area (Å²) >= 11 is 0. The Morgan fingerprint density at radius 3 is 2.17 bits per heavy atom. The minimum Gasteiger partial charge on any atom is -0.0880 e. The van der Waals surface area contributed by atoms with Gasteiger partial charge in [0.1, 0.15) is 0 Å². The lowest BCUT2D eigenvalue weighted by Crippen LogP contribution is -1.97. The highest BCUT2D eigenvalue weighted by molar-refractivity contribution is 4.91. The Labute approximate surface area is 78.1 Å². The second-order valence-corrected chi connectivity index (χ2v) is 4.62. The Balaban J connectivity index is 3.25. The van der Waals surface area contributed by atoms with Crippen LogP contribution in [0.2, 0.25) is 0 Å². The molecule has 0 heteroatoms. The van der Waals surface area contributed by atoms with Crippen LogP contribution < -0.4 is 0 Å². The number of hydrogen-bond acceptors (Lipinski definition) is 0. The van der Waals surface area contributed by atoms with Crippen LogP contribution in [0.3, 0.4) is 0 Å². The third kappa shape index (κ3) is 9.74. The molecule has 0 aliphatic rings. The van der Waals surface area contributed by atoms with E-state index in [2.05, 4.69) is 39.8 Å². The molecule has 0 bridgehead atoms. The molecule has 0 fully saturated rings. The highest BCUT2D eigenvalue weighted by Crippen LogP contribution is 2.15. The molecule has 0 aromatic heterocycles. The van der Waals surface area contributed by atoms with Crippen molar-refractivity contribution in [3.8, 4) is 0 Å². The summed E-state index contributed by atoms with van der Waals surface area (Å²) in [7, 11) is 0. The standard InChI is InChI=1S/C12H24/c1-5-6-7-8-9-10-11-12(2,3)4/h10-11H,5-9H2,1-4H3. The zero-order valence-corrected chi connectivity index (χ0v) is 9.19. The smallest absolute Gasteiger partial charge is 0.0203 e. The van der Waals surface area contributed by atoms with Crippen molar-refractivity contribution >= 4 is 0 Å². The Kier molecular flexibility index (Phi) is 6.14. The first-order valence-electron chi connectivity index (χ1n) is 5.24. The predicted octanol–water partition coefficient (Wildman–Crippen LogP) is 4.56. The van der Waals surface area contributed by atoms with Crippen LogP contribution in [0.25, 0.3) is 0 Å². The van der Waals surface area contributed by atoms with Gasteiger partial charge in [-0.05, 0) is 18.3 Å². The van der Waals surface area contributed by atoms with E-state index in [1.165, 1.54) is 32.1 Å². The van der Waals surface area contributed by atoms with Crippen LogP contribution in [-0.2, 0) is 0 Å². The molecule has 72 valence electrons. The van der Waals surface area contributed by atoms with E-state index in [0.717, 1.165) is 0 Å². The lowest BCUT2D eigenvalue weighted by Gasteiger charge is -2.10. The highest BCUT2D eigenvalue weighted by Gasteiger charge is 2.02. The lowest BCUT2D eigenvalue weighted by atomic mass is 9.96. The van der Waals surface area contributed by atoms with E-state index in [9.17, 15) is 0 Å². The highest BCUT2D eigenvalue weighted by atomic mass is 14.1. The van der Waals surface area contributed by atoms with Crippen molar-refractivity contribution in [1.29, 1.82) is 0 Å². The van der Waals surface area contributed by atoms with Gasteiger partial charge in [-0.3, -0.25) is 0 Å². The third-order valence-corrected chi connectivity index (χ3v) is 1.84. The van der Waals surface area contributed by atoms with E-state index in [1.54, 1.807) is 0 Å². The summed E-state index contributed by atoms with van der Waals surface area (Å²) in [6, 6.07) is 0. The molecule has 0 radical (unpaired) electrons. The average Bonchev–Trinajstić information content (AvgIpc) is 1.94. The van der Waals surface area contributed by atoms with E-state index in [1.807, 2.05) is 0 Å². The van der Waals surface area contributed by atoms with Crippen LogP contribution in [0, 0.1) is 5.41 Å². The lowest BCUT2D eigenvalue weighted by molar-refractivity contribution is 0.540. The molecule has 0 rings (SSSR count). The van der Waals surface area contributed by atoms with E-state index in [0.29, 0.717) is 5.41 Å². The molecule has 0 N–H and O–H groups in total. The zero-order chi connectivity index (χ0) is 9.45. The van der Waals surface area contributed by atoms with Crippen molar-refractivity contribution in [3.05, 3.63) is 12.2 Å². The van der Waals surface area contributed by atoms with Crippen LogP contribution in [0.1, 0.15) is 59.8 Å². The molecule has 0 saturated carbocycles. The van der Waals surface area contributed by atoms with Crippen molar-refractivity contribution < 1.29 is 0 Å². The van der Waals surface area contributed by atoms with Crippen molar-refractivity contribution in [1.82, 2.24) is 0 Å². The fraction of sp³-hybridized carbons (Fsp3) is 0.833. The molecule has 0 atom stereocenters. The molecule has 0 spiro atoms. The molecule has 12 heavy (non-hydrogen) atoms. The van der Waals surface area contributed by atoms with Gasteiger partial charge in [0, 0.05) is 0 Å². The summed E-state index contributed by atoms with van der Waals surface area (Å²) in [5.74, 6) is 0. The first kappa shape index (κ1) is 11.7. The normalized spacial score (nSPS) is 12.7. The van der Waals surface area contributed by atoms with Gasteiger partial charge in [0.2, 0.25) is 0 Å². The minimum absolute atomic E-state index is 0.366. The fourth-order valence-electron chi connectivity index (χ4n) is 1.13. The van der Waals surface area contributed by atoms with Crippen molar-refractivity contribution in [2.24, 2.45) is 5.41 Å². The maximum absolute atomic E-state index is 2.33. The predicted molar refractivity (Wildman–Crippen MR) is 57.4 cm³/mol. The molecule has 0 aliphatic carbocycles. The van der Waals surface area contributed by atoms with E-state index < -0.39 is 0 Å². The van der Waals surface area contributed by atoms with Crippen LogP contribution in [0.4, 0.5) is 0 Å². The van der Waals surface area contributed by atoms with E-state index in [4.69, 9.17) is 0 Å². The van der Waals surface area contributed by atoms with Gasteiger partial charge in [-0.25, -0.2) is 0 Å². The van der Waals surface area contributed by atoms with Gasteiger partial charge >= 0.3 is 0 Å². The summed E-state index contributed by atoms with van der Waals surface area (Å²) in [5, 5.41) is 0. The molecule has 0 nitrogen and oxygen atoms in total. The number of unbranched alkanes of at least 4 members (excludes halogenated alkanes) is 4. The van der Waals surface area contributed by atoms with Gasteiger partial charge in [0.15, 0.2) is 0 Å². The second kappa shape index (κ2) is 6.28. The molecule has 0 aromatic rings. The number of hydrogen-bond donors (Lipinski definition) is 0. The fourth-order valence-corrected chi connectivity index (χ4v) is 1.13. The van der Waals surface area contributed by atoms with Crippen LogP contribution >= 0.6 is 0 Å². The largest absolute Gasteiger partial charge is 0.0880 e. The Hall–Kier alpha value is -0.260. The molecule has 0 unspecified atom stereocenters. The maximum Gasteiger partial charge on any atom is -0.0203 e. The zero-order valence-electron chi connectivity index (χ0n) is 9.19. The van der Waals surface area contributed by atoms with E-state index >= 15 is 0 Å². The summed E-state index contributed by atoms with van der Waals surface area (Å²) in [6.07, 6.45) is 11.4. The van der Waals surface area contributed by atoms with E-state index in [-0.39, 0.29) is 0 Å². The Morgan fingerprint density at radius 2 is 1.67 bits per heavy atom. The summed E-state index contributed by atoms with van der Waals surface area (Å²) in [5.41, 5.74) is 0.366. The van der Waals surface area contributed by atoms with Crippen molar-refractivity contribution in [3.63, 3.8) is 0 Å². The van der Waals surface area contributed by atoms with Crippen LogP contribution in [0.15, 0.2) is 12.2 Å². The minimum atomic E-state index is 0.366. The van der Waals surface area contributed by atoms with Gasteiger partial charge < -0.3 is 0 Å². The topological polar surface area (TPSA) is 0 Å². The quantitative estimate of drug-likeness (QED) is 0.417. The van der Waals surface area contributed by atoms with Crippen LogP contribution in [-0.4, -0.2) is 0 Å². The van der Waals surface area contributed by atoms with Crippen molar-refractivity contribution in [2.45, 2.75) is 59.8 Å². The molecular weight excluding hydrogens is 144 g/mol. The van der Waals surface area contributed by atoms with Gasteiger partial charge in [-0.2, -0.15) is 0 Å². The molecule has 0 saturated heterocycles. The average molecular weight is 168 g/mol. The second-order valence-electron chi connectivity index (χ2n) is 4.62. The molecular formula is C12H24. The van der Waals surface area contributed by atoms with Gasteiger partial charge in [0.05, 0.1) is 0 Å². The van der Waals surface area contributed by atoms with Gasteiger partial charge in [0.25, 0.3) is 0 Å². The SMILES string of the molecule is CCCCCCC=CC(C)(C)C. The molecule has 0 aliphatic heterocycles. The summed E-state index contributed by atoms with van der Waals surface area (Å²) in [4.78, 5) is 0.